The van der Waals surface area contributed by atoms with Gasteiger partial charge in [0.1, 0.15) is 5.82 Å². The largest absolute Gasteiger partial charge is 0.493 e. The first kappa shape index (κ1) is 23.8. The Hall–Kier alpha value is -3.35. The van der Waals surface area contributed by atoms with E-state index in [1.54, 1.807) is 26.5 Å². The highest BCUT2D eigenvalue weighted by Gasteiger charge is 2.22. The Kier molecular flexibility index (Phi) is 7.50. The van der Waals surface area contributed by atoms with Gasteiger partial charge in [0.25, 0.3) is 5.56 Å². The van der Waals surface area contributed by atoms with Crippen LogP contribution in [0.25, 0.3) is 10.9 Å². The second-order valence-electron chi connectivity index (χ2n) is 8.77. The van der Waals surface area contributed by atoms with Crippen molar-refractivity contribution in [1.82, 2.24) is 9.66 Å². The summed E-state index contributed by atoms with van der Waals surface area (Å²) in [5.74, 6) is 2.62. The summed E-state index contributed by atoms with van der Waals surface area (Å²) >= 11 is 0. The average Bonchev–Trinajstić information content (AvgIpc) is 2.88. The minimum Gasteiger partial charge on any atom is -0.493 e. The number of rotatable bonds is 8. The number of methoxy groups -OCH3 is 2. The minimum atomic E-state index is -0.155. The Morgan fingerprint density at radius 1 is 1.12 bits per heavy atom. The van der Waals surface area contributed by atoms with E-state index in [2.05, 4.69) is 12.0 Å². The fourth-order valence-electron chi connectivity index (χ4n) is 4.38. The van der Waals surface area contributed by atoms with Crippen LogP contribution in [0, 0.1) is 0 Å². The smallest absolute Gasteiger partial charge is 0.282 e. The number of aromatic nitrogens is 2. The van der Waals surface area contributed by atoms with Gasteiger partial charge in [-0.2, -0.15) is 9.78 Å². The predicted molar refractivity (Wildman–Crippen MR) is 135 cm³/mol. The Labute approximate surface area is 200 Å². The van der Waals surface area contributed by atoms with Gasteiger partial charge in [-0.3, -0.25) is 4.79 Å². The molecule has 1 aliphatic carbocycles. The molecule has 2 aromatic carbocycles. The molecule has 0 N–H and O–H groups in total. The van der Waals surface area contributed by atoms with Crippen LogP contribution in [0.3, 0.4) is 0 Å². The summed E-state index contributed by atoms with van der Waals surface area (Å²) in [6.07, 6.45) is 8.07. The van der Waals surface area contributed by atoms with Crippen molar-refractivity contribution in [3.05, 3.63) is 58.1 Å². The number of fused-ring (bicyclic) bond motifs is 1. The van der Waals surface area contributed by atoms with Crippen LogP contribution in [-0.4, -0.2) is 36.2 Å². The van der Waals surface area contributed by atoms with Crippen LogP contribution in [0.1, 0.15) is 69.7 Å². The third-order valence-corrected chi connectivity index (χ3v) is 6.45. The second kappa shape index (κ2) is 10.7. The summed E-state index contributed by atoms with van der Waals surface area (Å²) < 4.78 is 18.7. The maximum Gasteiger partial charge on any atom is 0.282 e. The van der Waals surface area contributed by atoms with Crippen LogP contribution < -0.4 is 19.8 Å². The molecule has 0 radical (unpaired) electrons. The highest BCUT2D eigenvalue weighted by Crippen LogP contribution is 2.39. The molecule has 0 amide bonds. The monoisotopic (exact) mass is 463 g/mol. The van der Waals surface area contributed by atoms with Gasteiger partial charge in [-0.1, -0.05) is 38.3 Å². The molecule has 3 aromatic rings. The Morgan fingerprint density at radius 3 is 2.44 bits per heavy atom. The fourth-order valence-corrected chi connectivity index (χ4v) is 4.38. The van der Waals surface area contributed by atoms with Crippen LogP contribution in [0.4, 0.5) is 0 Å². The first-order valence-corrected chi connectivity index (χ1v) is 12.0. The number of benzene rings is 2. The van der Waals surface area contributed by atoms with Crippen molar-refractivity contribution in [3.8, 4) is 17.2 Å². The van der Waals surface area contributed by atoms with Gasteiger partial charge in [-0.05, 0) is 50.5 Å². The van der Waals surface area contributed by atoms with Gasteiger partial charge in [0.05, 0.1) is 37.4 Å². The third kappa shape index (κ3) is 4.93. The van der Waals surface area contributed by atoms with Gasteiger partial charge >= 0.3 is 0 Å². The van der Waals surface area contributed by atoms with Crippen molar-refractivity contribution in [2.45, 2.75) is 64.4 Å². The SMILES string of the molecule is CC[C@H](C)Oc1c(OC)cc(C=Nn2c(C3CCCCC3)nc3ccccc3c2=O)cc1OC. The first-order chi connectivity index (χ1) is 16.5. The maximum atomic E-state index is 13.4. The summed E-state index contributed by atoms with van der Waals surface area (Å²) in [6.45, 7) is 4.06. The molecule has 7 heteroatoms. The van der Waals surface area contributed by atoms with Crippen molar-refractivity contribution in [1.29, 1.82) is 0 Å². The van der Waals surface area contributed by atoms with Crippen LogP contribution in [0.2, 0.25) is 0 Å². The molecule has 0 spiro atoms. The molecule has 4 rings (SSSR count). The topological polar surface area (TPSA) is 74.9 Å². The van der Waals surface area contributed by atoms with E-state index in [0.29, 0.717) is 22.6 Å². The average molecular weight is 464 g/mol. The van der Waals surface area contributed by atoms with E-state index < -0.39 is 0 Å². The molecule has 1 aliphatic rings. The predicted octanol–water partition coefficient (Wildman–Crippen LogP) is 5.52. The highest BCUT2D eigenvalue weighted by molar-refractivity contribution is 5.83. The van der Waals surface area contributed by atoms with Crippen molar-refractivity contribution in [2.75, 3.05) is 14.2 Å². The van der Waals surface area contributed by atoms with Gasteiger partial charge in [0.15, 0.2) is 11.5 Å². The maximum absolute atomic E-state index is 13.4. The molecule has 1 saturated carbocycles. The molecule has 1 aromatic heterocycles. The molecule has 1 atom stereocenters. The summed E-state index contributed by atoms with van der Waals surface area (Å²) in [7, 11) is 3.19. The van der Waals surface area contributed by atoms with Crippen LogP contribution in [0.15, 0.2) is 46.3 Å². The molecule has 1 heterocycles. The lowest BCUT2D eigenvalue weighted by Gasteiger charge is -2.22. The van der Waals surface area contributed by atoms with E-state index in [1.807, 2.05) is 37.3 Å². The summed E-state index contributed by atoms with van der Waals surface area (Å²) in [5.41, 5.74) is 1.30. The minimum absolute atomic E-state index is 0.0163. The molecule has 1 fully saturated rings. The zero-order chi connectivity index (χ0) is 24.1. The van der Waals surface area contributed by atoms with Gasteiger partial charge in [0, 0.05) is 11.5 Å². The number of ether oxygens (including phenoxy) is 3. The van der Waals surface area contributed by atoms with Gasteiger partial charge in [0.2, 0.25) is 5.75 Å². The fraction of sp³-hybridized carbons (Fsp3) is 0.444. The molecule has 0 saturated heterocycles. The highest BCUT2D eigenvalue weighted by atomic mass is 16.5. The molecule has 34 heavy (non-hydrogen) atoms. The van der Waals surface area contributed by atoms with Crippen LogP contribution in [-0.2, 0) is 0 Å². The normalized spacial score (nSPS) is 15.5. The Bertz CT molecular complexity index is 1200. The van der Waals surface area contributed by atoms with E-state index in [0.717, 1.165) is 49.0 Å². The second-order valence-corrected chi connectivity index (χ2v) is 8.77. The van der Waals surface area contributed by atoms with Crippen molar-refractivity contribution < 1.29 is 14.2 Å². The quantitative estimate of drug-likeness (QED) is 0.411. The van der Waals surface area contributed by atoms with E-state index >= 15 is 0 Å². The van der Waals surface area contributed by atoms with E-state index in [1.165, 1.54) is 11.1 Å². The van der Waals surface area contributed by atoms with Gasteiger partial charge in [-0.15, -0.1) is 0 Å². The zero-order valence-electron chi connectivity index (χ0n) is 20.4. The van der Waals surface area contributed by atoms with Crippen molar-refractivity contribution in [3.63, 3.8) is 0 Å². The zero-order valence-corrected chi connectivity index (χ0v) is 20.4. The summed E-state index contributed by atoms with van der Waals surface area (Å²) in [5, 5.41) is 5.19. The van der Waals surface area contributed by atoms with Gasteiger partial charge in [-0.25, -0.2) is 4.98 Å². The molecule has 7 nitrogen and oxygen atoms in total. The van der Waals surface area contributed by atoms with E-state index in [-0.39, 0.29) is 17.6 Å². The van der Waals surface area contributed by atoms with Crippen LogP contribution >= 0.6 is 0 Å². The lowest BCUT2D eigenvalue weighted by atomic mass is 9.88. The lowest BCUT2D eigenvalue weighted by molar-refractivity contribution is 0.198. The first-order valence-electron chi connectivity index (χ1n) is 12.0. The Morgan fingerprint density at radius 2 is 1.79 bits per heavy atom. The van der Waals surface area contributed by atoms with Crippen LogP contribution in [0.5, 0.6) is 17.2 Å². The lowest BCUT2D eigenvalue weighted by Crippen LogP contribution is -2.25. The van der Waals surface area contributed by atoms with Crippen molar-refractivity contribution >= 4 is 17.1 Å². The third-order valence-electron chi connectivity index (χ3n) is 6.45. The summed E-state index contributed by atoms with van der Waals surface area (Å²) in [4.78, 5) is 18.3. The molecular formula is C27H33N3O4. The summed E-state index contributed by atoms with van der Waals surface area (Å²) in [6, 6.07) is 11.1. The Balaban J connectivity index is 1.78. The number of hydrogen-bond donors (Lipinski definition) is 0. The molecule has 0 aliphatic heterocycles. The standard InChI is InChI=1S/C27H33N3O4/c1-5-18(2)34-25-23(32-3)15-19(16-24(25)33-4)17-28-30-26(20-11-7-6-8-12-20)29-22-14-10-9-13-21(22)27(30)31/h9-10,13-18,20H,5-8,11-12H2,1-4H3/t18-/m0/s1. The van der Waals surface area contributed by atoms with E-state index in [9.17, 15) is 4.79 Å². The molecule has 0 bridgehead atoms. The molecule has 180 valence electrons. The van der Waals surface area contributed by atoms with E-state index in [4.69, 9.17) is 19.2 Å². The van der Waals surface area contributed by atoms with Gasteiger partial charge < -0.3 is 14.2 Å². The molecular weight excluding hydrogens is 430 g/mol. The number of para-hydroxylation sites is 1. The number of nitrogens with zero attached hydrogens (tertiary/aromatic N) is 3. The number of hydrogen-bond acceptors (Lipinski definition) is 6. The van der Waals surface area contributed by atoms with Crippen molar-refractivity contribution in [2.24, 2.45) is 5.10 Å². The molecule has 0 unspecified atom stereocenters.